The van der Waals surface area contributed by atoms with E-state index in [-0.39, 0.29) is 0 Å². The predicted molar refractivity (Wildman–Crippen MR) is 62.2 cm³/mol. The van der Waals surface area contributed by atoms with Crippen LogP contribution >= 0.6 is 0 Å². The Hall–Kier alpha value is -0.670. The van der Waals surface area contributed by atoms with E-state index in [1.807, 2.05) is 14.1 Å². The first-order valence-electron chi connectivity index (χ1n) is 5.08. The van der Waals surface area contributed by atoms with Crippen molar-refractivity contribution in [2.75, 3.05) is 34.4 Å². The lowest BCUT2D eigenvalue weighted by Crippen LogP contribution is -2.16. The Kier molecular flexibility index (Phi) is 8.48. The Morgan fingerprint density at radius 3 is 2.64 bits per heavy atom. The molecule has 0 saturated carbocycles. The lowest BCUT2D eigenvalue weighted by molar-refractivity contribution is 0.229. The summed E-state index contributed by atoms with van der Waals surface area (Å²) in [5, 5.41) is 3.12. The molecular weight excluding hydrogens is 176 g/mol. The normalized spacial score (nSPS) is 13.4. The SMILES string of the molecule is CC/C=C(/COC)C(CCNC)=NC. The number of hydrogen-bond donors (Lipinski definition) is 1. The lowest BCUT2D eigenvalue weighted by Gasteiger charge is -2.09. The maximum atomic E-state index is 5.15. The molecule has 0 aliphatic heterocycles. The molecule has 0 amide bonds. The van der Waals surface area contributed by atoms with Gasteiger partial charge in [-0.05, 0) is 19.0 Å². The van der Waals surface area contributed by atoms with Gasteiger partial charge < -0.3 is 10.1 Å². The van der Waals surface area contributed by atoms with Gasteiger partial charge in [-0.25, -0.2) is 0 Å². The highest BCUT2D eigenvalue weighted by Crippen LogP contribution is 2.04. The number of rotatable bonds is 7. The number of aliphatic imine (C=N–C) groups is 1. The highest BCUT2D eigenvalue weighted by molar-refractivity contribution is 6.00. The maximum Gasteiger partial charge on any atom is 0.0727 e. The number of nitrogens with one attached hydrogen (secondary N) is 1. The molecule has 0 rings (SSSR count). The second-order valence-electron chi connectivity index (χ2n) is 3.09. The molecule has 14 heavy (non-hydrogen) atoms. The highest BCUT2D eigenvalue weighted by atomic mass is 16.5. The monoisotopic (exact) mass is 198 g/mol. The van der Waals surface area contributed by atoms with E-state index in [0.717, 1.165) is 25.1 Å². The molecule has 82 valence electrons. The Morgan fingerprint density at radius 2 is 2.21 bits per heavy atom. The van der Waals surface area contributed by atoms with E-state index in [2.05, 4.69) is 23.3 Å². The van der Waals surface area contributed by atoms with Crippen LogP contribution in [0.5, 0.6) is 0 Å². The van der Waals surface area contributed by atoms with Gasteiger partial charge in [0.25, 0.3) is 0 Å². The molecule has 3 heteroatoms. The summed E-state index contributed by atoms with van der Waals surface area (Å²) in [4.78, 5) is 4.29. The highest BCUT2D eigenvalue weighted by Gasteiger charge is 2.04. The van der Waals surface area contributed by atoms with E-state index >= 15 is 0 Å². The Morgan fingerprint density at radius 1 is 1.50 bits per heavy atom. The fraction of sp³-hybridized carbons (Fsp3) is 0.727. The van der Waals surface area contributed by atoms with Crippen LogP contribution in [0.15, 0.2) is 16.6 Å². The topological polar surface area (TPSA) is 33.6 Å². The minimum absolute atomic E-state index is 0.657. The summed E-state index contributed by atoms with van der Waals surface area (Å²) in [5.74, 6) is 0. The van der Waals surface area contributed by atoms with Crippen molar-refractivity contribution in [3.05, 3.63) is 11.6 Å². The van der Waals surface area contributed by atoms with Crippen molar-refractivity contribution in [3.63, 3.8) is 0 Å². The first kappa shape index (κ1) is 13.3. The maximum absolute atomic E-state index is 5.15. The smallest absolute Gasteiger partial charge is 0.0727 e. The molecule has 0 aromatic rings. The Labute approximate surface area is 87.3 Å². The van der Waals surface area contributed by atoms with Crippen LogP contribution in [0, 0.1) is 0 Å². The fourth-order valence-electron chi connectivity index (χ4n) is 1.32. The van der Waals surface area contributed by atoms with Crippen molar-refractivity contribution in [1.29, 1.82) is 0 Å². The zero-order valence-electron chi connectivity index (χ0n) is 9.76. The van der Waals surface area contributed by atoms with Crippen molar-refractivity contribution in [3.8, 4) is 0 Å². The molecule has 0 aromatic carbocycles. The van der Waals surface area contributed by atoms with Crippen molar-refractivity contribution < 1.29 is 4.74 Å². The number of methoxy groups -OCH3 is 1. The summed E-state index contributed by atoms with van der Waals surface area (Å²) >= 11 is 0. The third-order valence-electron chi connectivity index (χ3n) is 2.00. The average molecular weight is 198 g/mol. The molecule has 0 aliphatic carbocycles. The zero-order valence-corrected chi connectivity index (χ0v) is 9.76. The van der Waals surface area contributed by atoms with Crippen LogP contribution in [0.2, 0.25) is 0 Å². The van der Waals surface area contributed by atoms with Gasteiger partial charge in [0.15, 0.2) is 0 Å². The number of ether oxygens (including phenoxy) is 1. The van der Waals surface area contributed by atoms with Crippen LogP contribution in [0.1, 0.15) is 19.8 Å². The fourth-order valence-corrected chi connectivity index (χ4v) is 1.32. The van der Waals surface area contributed by atoms with Gasteiger partial charge in [-0.15, -0.1) is 0 Å². The summed E-state index contributed by atoms with van der Waals surface area (Å²) in [6, 6.07) is 0. The van der Waals surface area contributed by atoms with Gasteiger partial charge in [0.05, 0.1) is 6.61 Å². The second-order valence-corrected chi connectivity index (χ2v) is 3.09. The second kappa shape index (κ2) is 8.91. The summed E-state index contributed by atoms with van der Waals surface area (Å²) in [5.41, 5.74) is 2.36. The van der Waals surface area contributed by atoms with E-state index in [1.165, 1.54) is 5.57 Å². The van der Waals surface area contributed by atoms with Gasteiger partial charge >= 0.3 is 0 Å². The van der Waals surface area contributed by atoms with Crippen molar-refractivity contribution in [2.45, 2.75) is 19.8 Å². The lowest BCUT2D eigenvalue weighted by atomic mass is 10.1. The molecule has 0 atom stereocenters. The molecule has 0 heterocycles. The van der Waals surface area contributed by atoms with Gasteiger partial charge in [0.2, 0.25) is 0 Å². The molecule has 0 spiro atoms. The Balaban J connectivity index is 4.36. The van der Waals surface area contributed by atoms with E-state index in [4.69, 9.17) is 4.74 Å². The number of allylic oxidation sites excluding steroid dienone is 1. The molecule has 1 N–H and O–H groups in total. The molecular formula is C11H22N2O. The van der Waals surface area contributed by atoms with Crippen molar-refractivity contribution in [2.24, 2.45) is 4.99 Å². The van der Waals surface area contributed by atoms with Crippen LogP contribution in [0.25, 0.3) is 0 Å². The van der Waals surface area contributed by atoms with Crippen molar-refractivity contribution in [1.82, 2.24) is 5.32 Å². The summed E-state index contributed by atoms with van der Waals surface area (Å²) in [6.07, 6.45) is 4.17. The zero-order chi connectivity index (χ0) is 10.8. The van der Waals surface area contributed by atoms with Gasteiger partial charge in [-0.2, -0.15) is 0 Å². The molecule has 0 saturated heterocycles. The van der Waals surface area contributed by atoms with Crippen LogP contribution in [-0.4, -0.2) is 40.1 Å². The van der Waals surface area contributed by atoms with Crippen LogP contribution in [0.4, 0.5) is 0 Å². The summed E-state index contributed by atoms with van der Waals surface area (Å²) < 4.78 is 5.15. The van der Waals surface area contributed by atoms with Crippen LogP contribution < -0.4 is 5.32 Å². The predicted octanol–water partition coefficient (Wildman–Crippen LogP) is 1.65. The minimum Gasteiger partial charge on any atom is -0.380 e. The van der Waals surface area contributed by atoms with Crippen molar-refractivity contribution >= 4 is 5.71 Å². The molecule has 0 radical (unpaired) electrons. The van der Waals surface area contributed by atoms with E-state index < -0.39 is 0 Å². The van der Waals surface area contributed by atoms with E-state index in [9.17, 15) is 0 Å². The third kappa shape index (κ3) is 5.14. The molecule has 3 nitrogen and oxygen atoms in total. The van der Waals surface area contributed by atoms with E-state index in [1.54, 1.807) is 7.11 Å². The average Bonchev–Trinajstić information content (AvgIpc) is 2.19. The van der Waals surface area contributed by atoms with Gasteiger partial charge in [-0.3, -0.25) is 4.99 Å². The summed E-state index contributed by atoms with van der Waals surface area (Å²) in [6.45, 7) is 3.74. The minimum atomic E-state index is 0.657. The number of hydrogen-bond acceptors (Lipinski definition) is 3. The molecule has 0 fully saturated rings. The standard InChI is InChI=1S/C11H22N2O/c1-5-6-10(9-14-4)11(13-3)7-8-12-2/h6,12H,5,7-9H2,1-4H3/b10-6-,13-11?. The molecule has 0 aliphatic rings. The quantitative estimate of drug-likeness (QED) is 0.631. The van der Waals surface area contributed by atoms with Gasteiger partial charge in [-0.1, -0.05) is 13.0 Å². The Bertz CT molecular complexity index is 197. The first-order chi connectivity index (χ1) is 6.79. The molecule has 0 unspecified atom stereocenters. The number of nitrogens with zero attached hydrogens (tertiary/aromatic N) is 1. The summed E-state index contributed by atoms with van der Waals surface area (Å²) in [7, 11) is 5.51. The van der Waals surface area contributed by atoms with Gasteiger partial charge in [0, 0.05) is 32.8 Å². The largest absolute Gasteiger partial charge is 0.380 e. The first-order valence-corrected chi connectivity index (χ1v) is 5.08. The van der Waals surface area contributed by atoms with Crippen LogP contribution in [0.3, 0.4) is 0 Å². The molecule has 0 bridgehead atoms. The van der Waals surface area contributed by atoms with Crippen LogP contribution in [-0.2, 0) is 4.74 Å². The van der Waals surface area contributed by atoms with Gasteiger partial charge in [0.1, 0.15) is 0 Å². The molecule has 0 aromatic heterocycles. The third-order valence-corrected chi connectivity index (χ3v) is 2.00. The van der Waals surface area contributed by atoms with E-state index in [0.29, 0.717) is 6.61 Å².